The van der Waals surface area contributed by atoms with Gasteiger partial charge in [0, 0.05) is 5.56 Å². The molecule has 1 N–H and O–H groups in total. The van der Waals surface area contributed by atoms with Crippen LogP contribution in [-0.2, 0) is 11.3 Å². The number of ether oxygens (including phenoxy) is 2. The summed E-state index contributed by atoms with van der Waals surface area (Å²) < 4.78 is 53.9. The van der Waals surface area contributed by atoms with Crippen molar-refractivity contribution in [2.75, 3.05) is 7.11 Å². The maximum Gasteiger partial charge on any atom is 0.341 e. The first kappa shape index (κ1) is 23.8. The van der Waals surface area contributed by atoms with E-state index in [1.807, 2.05) is 6.07 Å². The van der Waals surface area contributed by atoms with Crippen LogP contribution in [0.2, 0.25) is 0 Å². The highest BCUT2D eigenvalue weighted by atomic mass is 19.2. The van der Waals surface area contributed by atoms with Gasteiger partial charge < -0.3 is 14.6 Å². The molecule has 0 aromatic heterocycles. The predicted octanol–water partition coefficient (Wildman–Crippen LogP) is 6.16. The second kappa shape index (κ2) is 10.3. The van der Waals surface area contributed by atoms with Crippen LogP contribution in [0.1, 0.15) is 53.1 Å². The fraction of sp³-hybridized carbons (Fsp3) is 0.296. The van der Waals surface area contributed by atoms with Gasteiger partial charge in [0.15, 0.2) is 23.2 Å². The van der Waals surface area contributed by atoms with Gasteiger partial charge in [-0.05, 0) is 66.5 Å². The number of carbonyl (C=O) groups excluding carboxylic acids is 1. The van der Waals surface area contributed by atoms with Gasteiger partial charge in [0.1, 0.15) is 6.10 Å². The topological polar surface area (TPSA) is 55.8 Å². The van der Waals surface area contributed by atoms with Crippen LogP contribution in [0.15, 0.2) is 54.6 Å². The first-order chi connectivity index (χ1) is 16.4. The molecule has 0 amide bonds. The van der Waals surface area contributed by atoms with Crippen LogP contribution in [0.5, 0.6) is 5.75 Å². The molecule has 0 heterocycles. The second-order valence-corrected chi connectivity index (χ2v) is 8.42. The van der Waals surface area contributed by atoms with Crippen LogP contribution in [0, 0.1) is 17.5 Å². The Morgan fingerprint density at radius 1 is 0.941 bits per heavy atom. The van der Waals surface area contributed by atoms with Gasteiger partial charge in [-0.15, -0.1) is 0 Å². The SMILES string of the molecule is COc1ccc(C2CCC(OC(=O)c3ccc(-c4ccc(CO)cc4)c(F)c3F)CC2)cc1F. The van der Waals surface area contributed by atoms with Gasteiger partial charge in [-0.25, -0.2) is 18.0 Å². The van der Waals surface area contributed by atoms with Crippen LogP contribution in [0.3, 0.4) is 0 Å². The summed E-state index contributed by atoms with van der Waals surface area (Å²) in [5.41, 5.74) is 1.51. The maximum absolute atomic E-state index is 14.7. The van der Waals surface area contributed by atoms with Crippen LogP contribution in [0.4, 0.5) is 13.2 Å². The first-order valence-electron chi connectivity index (χ1n) is 11.1. The van der Waals surface area contributed by atoms with Gasteiger partial charge in [0.25, 0.3) is 0 Å². The zero-order chi connectivity index (χ0) is 24.2. The third kappa shape index (κ3) is 4.94. The Kier molecular flexibility index (Phi) is 7.22. The zero-order valence-corrected chi connectivity index (χ0v) is 18.7. The number of hydrogen-bond donors (Lipinski definition) is 1. The lowest BCUT2D eigenvalue weighted by Crippen LogP contribution is -2.24. The maximum atomic E-state index is 14.7. The van der Waals surface area contributed by atoms with Crippen LogP contribution in [-0.4, -0.2) is 24.3 Å². The molecule has 7 heteroatoms. The van der Waals surface area contributed by atoms with Crippen molar-refractivity contribution in [1.82, 2.24) is 0 Å². The average molecular weight is 470 g/mol. The van der Waals surface area contributed by atoms with Gasteiger partial charge in [0.05, 0.1) is 19.3 Å². The van der Waals surface area contributed by atoms with Crippen molar-refractivity contribution in [2.45, 2.75) is 44.3 Å². The largest absolute Gasteiger partial charge is 0.494 e. The normalized spacial score (nSPS) is 17.9. The van der Waals surface area contributed by atoms with Gasteiger partial charge in [-0.3, -0.25) is 0 Å². The van der Waals surface area contributed by atoms with Gasteiger partial charge >= 0.3 is 5.97 Å². The monoisotopic (exact) mass is 470 g/mol. The summed E-state index contributed by atoms with van der Waals surface area (Å²) in [6, 6.07) is 13.8. The number of carbonyl (C=O) groups is 1. The number of aliphatic hydroxyl groups excluding tert-OH is 1. The van der Waals surface area contributed by atoms with E-state index in [1.54, 1.807) is 30.3 Å². The lowest BCUT2D eigenvalue weighted by atomic mass is 9.82. The molecule has 0 aliphatic heterocycles. The summed E-state index contributed by atoms with van der Waals surface area (Å²) in [5, 5.41) is 9.13. The van der Waals surface area contributed by atoms with E-state index in [0.29, 0.717) is 36.8 Å². The van der Waals surface area contributed by atoms with Crippen molar-refractivity contribution in [1.29, 1.82) is 0 Å². The van der Waals surface area contributed by atoms with Crippen molar-refractivity contribution in [2.24, 2.45) is 0 Å². The number of methoxy groups -OCH3 is 1. The van der Waals surface area contributed by atoms with Crippen molar-refractivity contribution in [3.05, 3.63) is 88.7 Å². The van der Waals surface area contributed by atoms with Crippen molar-refractivity contribution < 1.29 is 32.5 Å². The summed E-state index contributed by atoms with van der Waals surface area (Å²) in [5.74, 6) is -3.39. The van der Waals surface area contributed by atoms with E-state index in [9.17, 15) is 18.0 Å². The average Bonchev–Trinajstić information content (AvgIpc) is 2.86. The van der Waals surface area contributed by atoms with E-state index in [1.165, 1.54) is 25.3 Å². The minimum Gasteiger partial charge on any atom is -0.494 e. The van der Waals surface area contributed by atoms with Crippen LogP contribution >= 0.6 is 0 Å². The summed E-state index contributed by atoms with van der Waals surface area (Å²) in [6.07, 6.45) is 2.04. The third-order valence-corrected chi connectivity index (χ3v) is 6.34. The molecule has 4 nitrogen and oxygen atoms in total. The van der Waals surface area contributed by atoms with Crippen LogP contribution in [0.25, 0.3) is 11.1 Å². The molecule has 0 saturated heterocycles. The molecule has 1 fully saturated rings. The van der Waals surface area contributed by atoms with E-state index in [4.69, 9.17) is 14.6 Å². The zero-order valence-electron chi connectivity index (χ0n) is 18.7. The minimum atomic E-state index is -1.25. The molecule has 0 radical (unpaired) electrons. The summed E-state index contributed by atoms with van der Waals surface area (Å²) in [7, 11) is 1.41. The highest BCUT2D eigenvalue weighted by Crippen LogP contribution is 2.36. The summed E-state index contributed by atoms with van der Waals surface area (Å²) in [6.45, 7) is -0.152. The van der Waals surface area contributed by atoms with E-state index >= 15 is 0 Å². The van der Waals surface area contributed by atoms with Gasteiger partial charge in [-0.1, -0.05) is 36.4 Å². The molecule has 0 bridgehead atoms. The molecule has 0 unspecified atom stereocenters. The van der Waals surface area contributed by atoms with E-state index in [2.05, 4.69) is 0 Å². The Hall–Kier alpha value is -3.32. The number of aliphatic hydroxyl groups is 1. The number of esters is 1. The molecule has 34 heavy (non-hydrogen) atoms. The molecule has 3 aromatic rings. The quantitative estimate of drug-likeness (QED) is 0.439. The Morgan fingerprint density at radius 3 is 2.26 bits per heavy atom. The minimum absolute atomic E-state index is 0.0192. The molecule has 178 valence electrons. The molecule has 0 atom stereocenters. The Labute approximate surface area is 196 Å². The Bertz CT molecular complexity index is 1170. The molecule has 1 saturated carbocycles. The number of halogens is 3. The van der Waals surface area contributed by atoms with Crippen molar-refractivity contribution >= 4 is 5.97 Å². The van der Waals surface area contributed by atoms with Crippen molar-refractivity contribution in [3.63, 3.8) is 0 Å². The van der Waals surface area contributed by atoms with E-state index < -0.39 is 35.1 Å². The molecule has 0 spiro atoms. The van der Waals surface area contributed by atoms with E-state index in [0.717, 1.165) is 5.56 Å². The third-order valence-electron chi connectivity index (χ3n) is 6.34. The van der Waals surface area contributed by atoms with E-state index in [-0.39, 0.29) is 23.8 Å². The fourth-order valence-corrected chi connectivity index (χ4v) is 4.39. The highest BCUT2D eigenvalue weighted by Gasteiger charge is 2.28. The number of hydrogen-bond acceptors (Lipinski definition) is 4. The number of rotatable bonds is 6. The van der Waals surface area contributed by atoms with Crippen molar-refractivity contribution in [3.8, 4) is 16.9 Å². The highest BCUT2D eigenvalue weighted by molar-refractivity contribution is 5.90. The van der Waals surface area contributed by atoms with Gasteiger partial charge in [0.2, 0.25) is 0 Å². The summed E-state index contributed by atoms with van der Waals surface area (Å²) >= 11 is 0. The summed E-state index contributed by atoms with van der Waals surface area (Å²) in [4.78, 5) is 12.6. The number of benzene rings is 3. The molecule has 3 aromatic carbocycles. The molecule has 4 rings (SSSR count). The molecule has 1 aliphatic rings. The standard InChI is InChI=1S/C27H25F3O4/c1-33-24-13-8-19(14-23(24)28)17-6-9-20(10-7-17)34-27(32)22-12-11-21(25(29)26(22)30)18-4-2-16(15-31)3-5-18/h2-5,8,11-14,17,20,31H,6-7,9-10,15H2,1H3. The Balaban J connectivity index is 1.40. The predicted molar refractivity (Wildman–Crippen MR) is 121 cm³/mol. The lowest BCUT2D eigenvalue weighted by Gasteiger charge is -2.28. The lowest BCUT2D eigenvalue weighted by molar-refractivity contribution is 0.0189. The van der Waals surface area contributed by atoms with Crippen LogP contribution < -0.4 is 4.74 Å². The molecular formula is C27H25F3O4. The first-order valence-corrected chi connectivity index (χ1v) is 11.1. The molecular weight excluding hydrogens is 445 g/mol. The second-order valence-electron chi connectivity index (χ2n) is 8.42. The Morgan fingerprint density at radius 2 is 1.65 bits per heavy atom. The smallest absolute Gasteiger partial charge is 0.341 e. The molecule has 1 aliphatic carbocycles. The van der Waals surface area contributed by atoms with Gasteiger partial charge in [-0.2, -0.15) is 0 Å². The fourth-order valence-electron chi connectivity index (χ4n) is 4.39.